The Morgan fingerprint density at radius 1 is 1.28 bits per heavy atom. The summed E-state index contributed by atoms with van der Waals surface area (Å²) in [5.74, 6) is -0.575. The molecule has 1 aromatic heterocycles. The summed E-state index contributed by atoms with van der Waals surface area (Å²) < 4.78 is 42.5. The molecule has 0 amide bonds. The van der Waals surface area contributed by atoms with Gasteiger partial charge in [-0.15, -0.1) is 11.3 Å². The summed E-state index contributed by atoms with van der Waals surface area (Å²) in [6, 6.07) is 13.4. The Morgan fingerprint density at radius 3 is 2.78 bits per heavy atom. The van der Waals surface area contributed by atoms with Crippen LogP contribution in [-0.4, -0.2) is 51.0 Å². The molecule has 2 heterocycles. The van der Waals surface area contributed by atoms with Crippen molar-refractivity contribution < 1.29 is 12.8 Å². The molecule has 1 atom stereocenters. The van der Waals surface area contributed by atoms with Gasteiger partial charge in [-0.1, -0.05) is 30.3 Å². The van der Waals surface area contributed by atoms with Crippen LogP contribution in [0.15, 0.2) is 58.3 Å². The second-order valence-corrected chi connectivity index (χ2v) is 10.5. The van der Waals surface area contributed by atoms with E-state index in [4.69, 9.17) is 0 Å². The molecule has 0 bridgehead atoms. The number of sulfonamides is 1. The predicted molar refractivity (Wildman–Crippen MR) is 127 cm³/mol. The summed E-state index contributed by atoms with van der Waals surface area (Å²) in [5, 5.41) is 1.56. The second kappa shape index (κ2) is 9.56. The Balaban J connectivity index is 1.44. The minimum Gasteiger partial charge on any atom is -0.370 e. The van der Waals surface area contributed by atoms with E-state index in [0.717, 1.165) is 38.0 Å². The molecule has 0 spiro atoms. The number of hydrogen-bond donors (Lipinski definition) is 1. The topological polar surface area (TPSA) is 65.5 Å². The smallest absolute Gasteiger partial charge is 0.266 e. The number of hydrogen-bond acceptors (Lipinski definition) is 6. The first kappa shape index (κ1) is 22.7. The molecule has 3 aromatic rings. The molecule has 9 heteroatoms. The minimum atomic E-state index is -4.05. The van der Waals surface area contributed by atoms with E-state index < -0.39 is 15.8 Å². The zero-order chi connectivity index (χ0) is 22.7. The van der Waals surface area contributed by atoms with E-state index in [-0.39, 0.29) is 16.8 Å². The van der Waals surface area contributed by atoms with Gasteiger partial charge >= 0.3 is 0 Å². The predicted octanol–water partition coefficient (Wildman–Crippen LogP) is 4.14. The van der Waals surface area contributed by atoms with E-state index in [1.165, 1.54) is 34.5 Å². The molecule has 6 nitrogen and oxygen atoms in total. The monoisotopic (exact) mass is 474 g/mol. The minimum absolute atomic E-state index is 0.190. The van der Waals surface area contributed by atoms with E-state index in [2.05, 4.69) is 43.8 Å². The third-order valence-electron chi connectivity index (χ3n) is 5.95. The molecule has 0 saturated carbocycles. The number of benzene rings is 2. The molecular weight excluding hydrogens is 447 g/mol. The third kappa shape index (κ3) is 5.11. The van der Waals surface area contributed by atoms with E-state index in [1.54, 1.807) is 5.38 Å². The fourth-order valence-electron chi connectivity index (χ4n) is 4.15. The van der Waals surface area contributed by atoms with Gasteiger partial charge in [0.1, 0.15) is 10.7 Å². The Morgan fingerprint density at radius 2 is 2.06 bits per heavy atom. The average Bonchev–Trinajstić information content (AvgIpc) is 3.45. The van der Waals surface area contributed by atoms with Crippen molar-refractivity contribution in [3.63, 3.8) is 0 Å². The Bertz CT molecular complexity index is 1150. The van der Waals surface area contributed by atoms with Gasteiger partial charge in [0.25, 0.3) is 10.0 Å². The molecule has 0 aliphatic carbocycles. The van der Waals surface area contributed by atoms with E-state index in [0.29, 0.717) is 5.69 Å². The largest absolute Gasteiger partial charge is 0.370 e. The molecule has 0 radical (unpaired) electrons. The fourth-order valence-corrected chi connectivity index (χ4v) is 5.85. The third-order valence-corrected chi connectivity index (χ3v) is 7.90. The second-order valence-electron chi connectivity index (χ2n) is 8.14. The highest BCUT2D eigenvalue weighted by atomic mass is 32.2. The van der Waals surface area contributed by atoms with Crippen molar-refractivity contribution in [3.05, 3.63) is 70.3 Å². The first-order valence-corrected chi connectivity index (χ1v) is 13.0. The molecule has 170 valence electrons. The van der Waals surface area contributed by atoms with Crippen molar-refractivity contribution in [1.82, 2.24) is 9.88 Å². The van der Waals surface area contributed by atoms with Gasteiger partial charge in [0.05, 0.1) is 5.51 Å². The van der Waals surface area contributed by atoms with Crippen molar-refractivity contribution >= 4 is 32.9 Å². The van der Waals surface area contributed by atoms with Crippen LogP contribution in [0.1, 0.15) is 17.5 Å². The van der Waals surface area contributed by atoms with Crippen molar-refractivity contribution in [2.45, 2.75) is 30.7 Å². The van der Waals surface area contributed by atoms with Crippen LogP contribution in [0.5, 0.6) is 0 Å². The maximum absolute atomic E-state index is 14.9. The van der Waals surface area contributed by atoms with E-state index in [1.807, 2.05) is 20.0 Å². The van der Waals surface area contributed by atoms with Gasteiger partial charge in [-0.25, -0.2) is 17.8 Å². The number of aryl methyl sites for hydroxylation is 1. The molecule has 1 fully saturated rings. The van der Waals surface area contributed by atoms with Gasteiger partial charge in [-0.05, 0) is 43.0 Å². The lowest BCUT2D eigenvalue weighted by atomic mass is 10.1. The molecular formula is C23H27FN4O2S2. The number of likely N-dealkylation sites (tertiary alicyclic amines) is 1. The van der Waals surface area contributed by atoms with Crippen molar-refractivity contribution in [2.75, 3.05) is 36.3 Å². The molecule has 1 aliphatic heterocycles. The Labute approximate surface area is 192 Å². The number of thiazole rings is 1. The first-order chi connectivity index (χ1) is 15.3. The number of nitrogens with one attached hydrogen (secondary N) is 1. The van der Waals surface area contributed by atoms with Crippen LogP contribution >= 0.6 is 11.3 Å². The molecule has 1 unspecified atom stereocenters. The zero-order valence-corrected chi connectivity index (χ0v) is 19.8. The molecule has 4 rings (SSSR count). The number of aromatic nitrogens is 1. The highest BCUT2D eigenvalue weighted by Gasteiger charge is 2.28. The molecule has 1 aliphatic rings. The van der Waals surface area contributed by atoms with Crippen LogP contribution in [0.25, 0.3) is 0 Å². The maximum atomic E-state index is 14.9. The van der Waals surface area contributed by atoms with Gasteiger partial charge < -0.3 is 9.80 Å². The van der Waals surface area contributed by atoms with Gasteiger partial charge in [0.15, 0.2) is 5.82 Å². The van der Waals surface area contributed by atoms with Gasteiger partial charge in [-0.2, -0.15) is 0 Å². The molecule has 1 saturated heterocycles. The maximum Gasteiger partial charge on any atom is 0.266 e. The molecule has 2 aromatic carbocycles. The fraction of sp³-hybridized carbons (Fsp3) is 0.348. The summed E-state index contributed by atoms with van der Waals surface area (Å²) in [6.45, 7) is 4.69. The summed E-state index contributed by atoms with van der Waals surface area (Å²) in [6.07, 6.45) is 1.99. The lowest BCUT2D eigenvalue weighted by Gasteiger charge is -2.29. The van der Waals surface area contributed by atoms with E-state index >= 15 is 0 Å². The normalized spacial score (nSPS) is 16.9. The van der Waals surface area contributed by atoms with Crippen LogP contribution in [-0.2, 0) is 16.4 Å². The number of anilines is 2. The Hall–Kier alpha value is -2.49. The van der Waals surface area contributed by atoms with Crippen molar-refractivity contribution in [3.8, 4) is 0 Å². The lowest BCUT2D eigenvalue weighted by molar-refractivity contribution is 0.338. The quantitative estimate of drug-likeness (QED) is 0.532. The number of nitrogens with zero attached hydrogens (tertiary/aromatic N) is 3. The summed E-state index contributed by atoms with van der Waals surface area (Å²) in [4.78, 5) is 8.05. The van der Waals surface area contributed by atoms with Crippen LogP contribution in [0.2, 0.25) is 0 Å². The van der Waals surface area contributed by atoms with Crippen LogP contribution in [0.4, 0.5) is 15.9 Å². The van der Waals surface area contributed by atoms with Gasteiger partial charge in [0.2, 0.25) is 0 Å². The number of rotatable bonds is 8. The van der Waals surface area contributed by atoms with Crippen LogP contribution in [0, 0.1) is 12.7 Å². The summed E-state index contributed by atoms with van der Waals surface area (Å²) in [7, 11) is -2.09. The highest BCUT2D eigenvalue weighted by molar-refractivity contribution is 7.92. The Kier molecular flexibility index (Phi) is 6.78. The SMILES string of the molecule is Cc1cc(S(=O)(=O)Nc2cscn2)c(F)cc1N(C)C1CCN(CCc2ccccc2)C1. The number of likely N-dealkylation sites (N-methyl/N-ethyl adjacent to an activating group) is 1. The summed E-state index contributed by atoms with van der Waals surface area (Å²) >= 11 is 1.26. The number of halogens is 1. The van der Waals surface area contributed by atoms with Crippen LogP contribution in [0.3, 0.4) is 0 Å². The zero-order valence-electron chi connectivity index (χ0n) is 18.2. The standard InChI is InChI=1S/C23H27FN4O2S2/c1-17-12-22(32(29,30)26-23-15-31-16-25-23)20(24)13-21(17)27(2)19-9-11-28(14-19)10-8-18-6-4-3-5-7-18/h3-7,12-13,15-16,19,26H,8-11,14H2,1-2H3. The molecule has 32 heavy (non-hydrogen) atoms. The van der Waals surface area contributed by atoms with Gasteiger partial charge in [-0.3, -0.25) is 4.72 Å². The average molecular weight is 475 g/mol. The highest BCUT2D eigenvalue weighted by Crippen LogP contribution is 2.30. The van der Waals surface area contributed by atoms with E-state index in [9.17, 15) is 12.8 Å². The lowest BCUT2D eigenvalue weighted by Crippen LogP contribution is -2.35. The van der Waals surface area contributed by atoms with Crippen molar-refractivity contribution in [2.24, 2.45) is 0 Å². The first-order valence-electron chi connectivity index (χ1n) is 10.5. The molecule has 1 N–H and O–H groups in total. The summed E-state index contributed by atoms with van der Waals surface area (Å²) in [5.41, 5.74) is 4.27. The van der Waals surface area contributed by atoms with Crippen LogP contribution < -0.4 is 9.62 Å². The van der Waals surface area contributed by atoms with Gasteiger partial charge in [0, 0.05) is 43.8 Å². The van der Waals surface area contributed by atoms with Crippen molar-refractivity contribution in [1.29, 1.82) is 0 Å².